The molecule has 3 rings (SSSR count). The molecule has 4 atom stereocenters. The van der Waals surface area contributed by atoms with Gasteiger partial charge in [-0.1, -0.05) is 148 Å². The maximum Gasteiger partial charge on any atom is 0.119 e. The maximum absolute atomic E-state index is 5.47. The van der Waals surface area contributed by atoms with Crippen LogP contribution in [-0.4, -0.2) is 18.4 Å². The molecule has 0 saturated carbocycles. The minimum absolute atomic E-state index is 0.293. The Morgan fingerprint density at radius 2 is 1.45 bits per heavy atom. The summed E-state index contributed by atoms with van der Waals surface area (Å²) in [6.45, 7) is 45.5. The van der Waals surface area contributed by atoms with Crippen LogP contribution >= 0.6 is 0 Å². The van der Waals surface area contributed by atoms with Gasteiger partial charge in [0.05, 0.1) is 12.3 Å². The Hall–Kier alpha value is -3.77. The van der Waals surface area contributed by atoms with Crippen molar-refractivity contribution in [2.24, 2.45) is 22.2 Å². The smallest absolute Gasteiger partial charge is 0.119 e. The van der Waals surface area contributed by atoms with Crippen LogP contribution in [0.2, 0.25) is 0 Å². The summed E-state index contributed by atoms with van der Waals surface area (Å²) in [6.07, 6.45) is 9.87. The molecule has 0 bridgehead atoms. The molecular formula is C53H86N2O. The largest absolute Gasteiger partial charge is 0.494 e. The van der Waals surface area contributed by atoms with Crippen molar-refractivity contribution < 1.29 is 4.74 Å². The molecule has 1 aliphatic heterocycles. The molecule has 0 aliphatic carbocycles. The molecule has 1 N–H and O–H groups in total. The zero-order valence-corrected chi connectivity index (χ0v) is 39.9. The normalized spacial score (nSPS) is 15.2. The van der Waals surface area contributed by atoms with Crippen LogP contribution in [0.15, 0.2) is 88.5 Å². The Balaban J connectivity index is 0. The van der Waals surface area contributed by atoms with Crippen LogP contribution in [-0.2, 0) is 0 Å². The van der Waals surface area contributed by atoms with E-state index < -0.39 is 0 Å². The SMILES string of the molecule is C=C(C)C(C)(CCC)CCC(C)CC.CC.CC.CC#CN=C(C)C1=C(C)C(C)NC(c2ccc(C)cc2)=C1.CCOc1ccc(C(=C(C)C)C(C)CC)cc1. The number of dihydropyridines is 1. The number of nitrogens with zero attached hydrogens (tertiary/aromatic N) is 1. The number of hydrogen-bond donors (Lipinski definition) is 1. The lowest BCUT2D eigenvalue weighted by Gasteiger charge is -2.31. The van der Waals surface area contributed by atoms with E-state index in [4.69, 9.17) is 4.74 Å². The molecular weight excluding hydrogens is 681 g/mol. The highest BCUT2D eigenvalue weighted by molar-refractivity contribution is 6.04. The van der Waals surface area contributed by atoms with E-state index in [1.165, 1.54) is 83.1 Å². The summed E-state index contributed by atoms with van der Waals surface area (Å²) in [5.74, 6) is 5.24. The molecule has 56 heavy (non-hydrogen) atoms. The Morgan fingerprint density at radius 3 is 1.89 bits per heavy atom. The molecule has 314 valence electrons. The van der Waals surface area contributed by atoms with Crippen LogP contribution in [0.25, 0.3) is 11.3 Å². The fraction of sp³-hybridized carbons (Fsp3) is 0.566. The van der Waals surface area contributed by atoms with Gasteiger partial charge in [-0.05, 0) is 151 Å². The van der Waals surface area contributed by atoms with Gasteiger partial charge in [0.25, 0.3) is 0 Å². The third-order valence-corrected chi connectivity index (χ3v) is 10.7. The van der Waals surface area contributed by atoms with Crippen LogP contribution in [0, 0.1) is 36.1 Å². The zero-order chi connectivity index (χ0) is 43.4. The number of rotatable bonds is 14. The van der Waals surface area contributed by atoms with Crippen molar-refractivity contribution in [3.63, 3.8) is 0 Å². The Bertz CT molecular complexity index is 1570. The minimum atomic E-state index is 0.293. The summed E-state index contributed by atoms with van der Waals surface area (Å²) in [4.78, 5) is 4.32. The molecule has 1 aliphatic rings. The first-order chi connectivity index (χ1) is 26.6. The standard InChI is InChI=1S/C19H22N2.C16H24O.C14H28.2C2H6/c1-6-11-20-16(5)18-12-19(21-15(4)14(18)3)17-9-7-13(2)8-10-17;1-6-13(5)16(12(3)4)14-8-10-15(11-9-14)17-7-2;1-7-10-14(6,12(3)4)11-9-13(5)8-2;2*1-2/h7-10,12,15,21H,1-5H3;8-11,13H,6-7H2,1-5H3;13H,3,7-11H2,1-2,4-6H3;2*1-2H3. The molecule has 0 spiro atoms. The van der Waals surface area contributed by atoms with Crippen LogP contribution < -0.4 is 10.1 Å². The summed E-state index contributed by atoms with van der Waals surface area (Å²) in [6, 6.07) is 20.1. The van der Waals surface area contributed by atoms with E-state index in [1.54, 1.807) is 6.92 Å². The predicted octanol–water partition coefficient (Wildman–Crippen LogP) is 16.3. The van der Waals surface area contributed by atoms with E-state index in [9.17, 15) is 0 Å². The topological polar surface area (TPSA) is 33.6 Å². The number of aliphatic imine (C=N–C) groups is 1. The third-order valence-electron chi connectivity index (χ3n) is 10.7. The molecule has 0 saturated heterocycles. The fourth-order valence-corrected chi connectivity index (χ4v) is 6.40. The average molecular weight is 767 g/mol. The Kier molecular flexibility index (Phi) is 29.5. The summed E-state index contributed by atoms with van der Waals surface area (Å²) >= 11 is 0. The summed E-state index contributed by atoms with van der Waals surface area (Å²) in [5, 5.41) is 3.55. The monoisotopic (exact) mass is 767 g/mol. The van der Waals surface area contributed by atoms with E-state index in [1.807, 2.05) is 41.5 Å². The van der Waals surface area contributed by atoms with Crippen LogP contribution in [0.3, 0.4) is 0 Å². The molecule has 0 fully saturated rings. The number of benzene rings is 2. The van der Waals surface area contributed by atoms with E-state index in [0.717, 1.165) is 29.7 Å². The van der Waals surface area contributed by atoms with E-state index in [2.05, 4.69) is 167 Å². The molecule has 2 aromatic rings. The highest BCUT2D eigenvalue weighted by Crippen LogP contribution is 2.37. The molecule has 0 amide bonds. The molecule has 0 aromatic heterocycles. The van der Waals surface area contributed by atoms with Gasteiger partial charge in [0.1, 0.15) is 5.75 Å². The fourth-order valence-electron chi connectivity index (χ4n) is 6.40. The van der Waals surface area contributed by atoms with Crippen molar-refractivity contribution in [1.82, 2.24) is 5.32 Å². The molecule has 3 heteroatoms. The van der Waals surface area contributed by atoms with Gasteiger partial charge in [-0.25, -0.2) is 4.99 Å². The van der Waals surface area contributed by atoms with Crippen LogP contribution in [0.5, 0.6) is 5.75 Å². The molecule has 0 radical (unpaired) electrons. The molecule has 1 heterocycles. The van der Waals surface area contributed by atoms with Gasteiger partial charge in [0.15, 0.2) is 0 Å². The highest BCUT2D eigenvalue weighted by Gasteiger charge is 2.24. The number of nitrogens with one attached hydrogen (secondary N) is 1. The van der Waals surface area contributed by atoms with Crippen molar-refractivity contribution in [1.29, 1.82) is 0 Å². The van der Waals surface area contributed by atoms with Gasteiger partial charge < -0.3 is 10.1 Å². The second-order valence-electron chi connectivity index (χ2n) is 15.3. The van der Waals surface area contributed by atoms with Gasteiger partial charge in [-0.2, -0.15) is 0 Å². The van der Waals surface area contributed by atoms with Gasteiger partial charge >= 0.3 is 0 Å². The lowest BCUT2D eigenvalue weighted by Crippen LogP contribution is -2.30. The zero-order valence-electron chi connectivity index (χ0n) is 39.9. The summed E-state index contributed by atoms with van der Waals surface area (Å²) in [5.41, 5.74) is 13.0. The quantitative estimate of drug-likeness (QED) is 0.118. The van der Waals surface area contributed by atoms with Gasteiger partial charge in [0.2, 0.25) is 0 Å². The molecule has 2 aromatic carbocycles. The second kappa shape index (κ2) is 30.4. The number of hydrogen-bond acceptors (Lipinski definition) is 3. The number of ether oxygens (including phenoxy) is 1. The van der Waals surface area contributed by atoms with Gasteiger partial charge in [-0.3, -0.25) is 0 Å². The predicted molar refractivity (Wildman–Crippen MR) is 256 cm³/mol. The van der Waals surface area contributed by atoms with E-state index in [0.29, 0.717) is 17.4 Å². The first-order valence-corrected chi connectivity index (χ1v) is 21.9. The van der Waals surface area contributed by atoms with Crippen molar-refractivity contribution in [2.75, 3.05) is 6.61 Å². The Labute approximate surface area is 348 Å². The van der Waals surface area contributed by atoms with Crippen molar-refractivity contribution in [3.05, 3.63) is 100 Å². The van der Waals surface area contributed by atoms with E-state index in [-0.39, 0.29) is 0 Å². The average Bonchev–Trinajstić information content (AvgIpc) is 3.20. The van der Waals surface area contributed by atoms with Gasteiger partial charge in [-0.15, -0.1) is 0 Å². The van der Waals surface area contributed by atoms with Crippen molar-refractivity contribution >= 4 is 17.0 Å². The molecule has 4 unspecified atom stereocenters. The second-order valence-corrected chi connectivity index (χ2v) is 15.3. The summed E-state index contributed by atoms with van der Waals surface area (Å²) < 4.78 is 5.47. The van der Waals surface area contributed by atoms with Crippen molar-refractivity contribution in [2.45, 2.75) is 176 Å². The number of allylic oxidation sites excluding steroid dienone is 5. The third kappa shape index (κ3) is 19.4. The maximum atomic E-state index is 5.47. The summed E-state index contributed by atoms with van der Waals surface area (Å²) in [7, 11) is 0. The highest BCUT2D eigenvalue weighted by atomic mass is 16.5. The van der Waals surface area contributed by atoms with Crippen LogP contribution in [0.4, 0.5) is 0 Å². The van der Waals surface area contributed by atoms with Crippen molar-refractivity contribution in [3.8, 4) is 17.7 Å². The lowest BCUT2D eigenvalue weighted by atomic mass is 9.74. The Morgan fingerprint density at radius 1 is 0.875 bits per heavy atom. The van der Waals surface area contributed by atoms with Crippen LogP contribution in [0.1, 0.15) is 180 Å². The number of aryl methyl sites for hydroxylation is 1. The first kappa shape index (κ1) is 54.3. The van der Waals surface area contributed by atoms with Gasteiger partial charge in [0, 0.05) is 17.8 Å². The molecule has 3 nitrogen and oxygen atoms in total. The first-order valence-electron chi connectivity index (χ1n) is 21.9. The minimum Gasteiger partial charge on any atom is -0.494 e. The van der Waals surface area contributed by atoms with E-state index >= 15 is 0 Å². The lowest BCUT2D eigenvalue weighted by molar-refractivity contribution is 0.296.